The molecule has 1 atom stereocenters. The Balaban J connectivity index is 0.000000261. The highest BCUT2D eigenvalue weighted by Gasteiger charge is 2.44. The van der Waals surface area contributed by atoms with Crippen LogP contribution in [0.1, 0.15) is 29.3 Å². The lowest BCUT2D eigenvalue weighted by atomic mass is 9.84. The van der Waals surface area contributed by atoms with Crippen molar-refractivity contribution in [3.05, 3.63) is 29.3 Å². The van der Waals surface area contributed by atoms with Gasteiger partial charge in [0.2, 0.25) is 0 Å². The van der Waals surface area contributed by atoms with Gasteiger partial charge < -0.3 is 4.74 Å². The molecule has 0 bridgehead atoms. The van der Waals surface area contributed by atoms with Gasteiger partial charge in [0.25, 0.3) is 0 Å². The smallest absolute Gasteiger partial charge is 0.497 e. The molecule has 0 heterocycles. The van der Waals surface area contributed by atoms with Crippen molar-refractivity contribution in [2.24, 2.45) is 5.92 Å². The molecule has 0 aromatic heterocycles. The normalized spacial score (nSPS) is 18.1. The summed E-state index contributed by atoms with van der Waals surface area (Å²) >= 11 is 0. The molecule has 0 spiro atoms. The van der Waals surface area contributed by atoms with E-state index in [9.17, 15) is 18.0 Å². The molecule has 0 saturated heterocycles. The fourth-order valence-corrected chi connectivity index (χ4v) is 2.01. The number of fused-ring (bicyclic) bond motifs is 1. The molecule has 1 aromatic rings. The van der Waals surface area contributed by atoms with Gasteiger partial charge in [-0.25, -0.2) is 0 Å². The molecule has 1 aromatic carbocycles. The molecule has 1 N–H and O–H groups in total. The second kappa shape index (κ2) is 6.66. The van der Waals surface area contributed by atoms with E-state index in [1.54, 1.807) is 7.11 Å². The van der Waals surface area contributed by atoms with Crippen LogP contribution in [0.5, 0.6) is 5.75 Å². The summed E-state index contributed by atoms with van der Waals surface area (Å²) in [5, 5.41) is 0. The van der Waals surface area contributed by atoms with E-state index in [0.717, 1.165) is 23.3 Å². The molecule has 0 saturated carbocycles. The summed E-state index contributed by atoms with van der Waals surface area (Å²) in [4.78, 5) is 11.7. The van der Waals surface area contributed by atoms with Gasteiger partial charge in [-0.1, -0.05) is 6.92 Å². The third-order valence-corrected chi connectivity index (χ3v) is 3.59. The second-order valence-corrected chi connectivity index (χ2v) is 6.29. The minimum absolute atomic E-state index is 0.265. The zero-order chi connectivity index (χ0) is 17.1. The van der Waals surface area contributed by atoms with Crippen molar-refractivity contribution in [3.63, 3.8) is 0 Å². The Bertz CT molecular complexity index is 652. The number of carbonyl (C=O) groups excluding carboxylic acids is 1. The van der Waals surface area contributed by atoms with E-state index in [4.69, 9.17) is 17.7 Å². The zero-order valence-electron chi connectivity index (χ0n) is 11.8. The van der Waals surface area contributed by atoms with Crippen LogP contribution in [0.4, 0.5) is 13.2 Å². The van der Waals surface area contributed by atoms with Crippen LogP contribution < -0.4 is 4.74 Å². The van der Waals surface area contributed by atoms with Crippen molar-refractivity contribution in [2.75, 3.05) is 7.11 Å². The average Bonchev–Trinajstić information content (AvgIpc) is 2.36. The van der Waals surface area contributed by atoms with E-state index < -0.39 is 15.6 Å². The third-order valence-electron chi connectivity index (χ3n) is 3.01. The molecule has 2 rings (SSSR count). The first kappa shape index (κ1) is 18.4. The van der Waals surface area contributed by atoms with Gasteiger partial charge in [0.1, 0.15) is 5.75 Å². The number of hydrogen-bond donors (Lipinski definition) is 1. The molecule has 0 fully saturated rings. The standard InChI is InChI=1S/C12H14O2.CHF3O3S/c1-8-5-9-7-10(14-2)3-4-11(9)12(13)6-8;2-1(3,4)8(5,6)7/h3-4,7-8H,5-6H2,1-2H3;(H,5,6,7). The Hall–Kier alpha value is -1.61. The molecule has 0 radical (unpaired) electrons. The van der Waals surface area contributed by atoms with Crippen molar-refractivity contribution in [1.29, 1.82) is 0 Å². The summed E-state index contributed by atoms with van der Waals surface area (Å²) in [6, 6.07) is 5.71. The Morgan fingerprint density at radius 2 is 1.82 bits per heavy atom. The fraction of sp³-hybridized carbons (Fsp3) is 0.462. The molecule has 9 heteroatoms. The van der Waals surface area contributed by atoms with E-state index in [1.165, 1.54) is 0 Å². The SMILES string of the molecule is COc1ccc2c(c1)CC(C)CC2=O.O=S(=O)(O)C(F)(F)F. The van der Waals surface area contributed by atoms with Crippen molar-refractivity contribution >= 4 is 15.9 Å². The van der Waals surface area contributed by atoms with Crippen LogP contribution in [0.15, 0.2) is 18.2 Å². The quantitative estimate of drug-likeness (QED) is 0.628. The van der Waals surface area contributed by atoms with Crippen molar-refractivity contribution in [2.45, 2.75) is 25.3 Å². The number of Topliss-reactive ketones (excluding diaryl/α,β-unsaturated/α-hetero) is 1. The Labute approximate surface area is 125 Å². The van der Waals surface area contributed by atoms with E-state index in [0.29, 0.717) is 12.3 Å². The van der Waals surface area contributed by atoms with Crippen molar-refractivity contribution in [3.8, 4) is 5.75 Å². The number of carbonyl (C=O) groups is 1. The van der Waals surface area contributed by atoms with Crippen LogP contribution in [0, 0.1) is 5.92 Å². The molecule has 0 amide bonds. The molecular formula is C13H15F3O5S. The van der Waals surface area contributed by atoms with Gasteiger partial charge >= 0.3 is 15.6 Å². The monoisotopic (exact) mass is 340 g/mol. The number of methoxy groups -OCH3 is 1. The lowest BCUT2D eigenvalue weighted by Gasteiger charge is -2.20. The summed E-state index contributed by atoms with van der Waals surface area (Å²) in [5.74, 6) is 1.56. The van der Waals surface area contributed by atoms with Gasteiger partial charge in [-0.2, -0.15) is 21.6 Å². The number of ether oxygens (including phenoxy) is 1. The van der Waals surface area contributed by atoms with Crippen LogP contribution in [0.25, 0.3) is 0 Å². The summed E-state index contributed by atoms with van der Waals surface area (Å²) in [6.45, 7) is 2.11. The van der Waals surface area contributed by atoms with E-state index in [-0.39, 0.29) is 5.78 Å². The van der Waals surface area contributed by atoms with Gasteiger partial charge in [0.15, 0.2) is 5.78 Å². The minimum Gasteiger partial charge on any atom is -0.497 e. The molecular weight excluding hydrogens is 325 g/mol. The third kappa shape index (κ3) is 4.70. The summed E-state index contributed by atoms with van der Waals surface area (Å²) < 4.78 is 62.7. The maximum Gasteiger partial charge on any atom is 0.522 e. The average molecular weight is 340 g/mol. The lowest BCUT2D eigenvalue weighted by molar-refractivity contribution is -0.0510. The Morgan fingerprint density at radius 1 is 1.27 bits per heavy atom. The highest BCUT2D eigenvalue weighted by atomic mass is 32.2. The number of halogens is 3. The molecule has 124 valence electrons. The molecule has 1 aliphatic carbocycles. The van der Waals surface area contributed by atoms with Gasteiger partial charge in [0, 0.05) is 12.0 Å². The van der Waals surface area contributed by atoms with E-state index in [2.05, 4.69) is 6.92 Å². The lowest BCUT2D eigenvalue weighted by Crippen LogP contribution is -2.21. The number of ketones is 1. The number of rotatable bonds is 1. The van der Waals surface area contributed by atoms with Gasteiger partial charge in [-0.15, -0.1) is 0 Å². The van der Waals surface area contributed by atoms with Crippen LogP contribution in [0.3, 0.4) is 0 Å². The molecule has 22 heavy (non-hydrogen) atoms. The van der Waals surface area contributed by atoms with E-state index >= 15 is 0 Å². The summed E-state index contributed by atoms with van der Waals surface area (Å²) in [6.07, 6.45) is 1.66. The molecule has 1 aliphatic rings. The maximum atomic E-state index is 11.7. The number of hydrogen-bond acceptors (Lipinski definition) is 4. The first-order valence-corrected chi connectivity index (χ1v) is 7.63. The van der Waals surface area contributed by atoms with Crippen LogP contribution in [-0.4, -0.2) is 31.4 Å². The largest absolute Gasteiger partial charge is 0.522 e. The highest BCUT2D eigenvalue weighted by Crippen LogP contribution is 2.28. The Morgan fingerprint density at radius 3 is 2.27 bits per heavy atom. The van der Waals surface area contributed by atoms with Gasteiger partial charge in [-0.3, -0.25) is 9.35 Å². The minimum atomic E-state index is -5.84. The second-order valence-electron chi connectivity index (χ2n) is 4.88. The van der Waals surface area contributed by atoms with E-state index in [1.807, 2.05) is 18.2 Å². The predicted molar refractivity (Wildman–Crippen MR) is 72.4 cm³/mol. The maximum absolute atomic E-state index is 11.7. The molecule has 5 nitrogen and oxygen atoms in total. The van der Waals surface area contributed by atoms with Crippen LogP contribution in [0.2, 0.25) is 0 Å². The first-order valence-electron chi connectivity index (χ1n) is 6.19. The summed E-state index contributed by atoms with van der Waals surface area (Å²) in [5.41, 5.74) is -3.52. The Kier molecular flexibility index (Phi) is 5.58. The molecule has 1 unspecified atom stereocenters. The predicted octanol–water partition coefficient (Wildman–Crippen LogP) is 2.85. The van der Waals surface area contributed by atoms with Crippen LogP contribution in [-0.2, 0) is 16.5 Å². The fourth-order valence-electron chi connectivity index (χ4n) is 2.01. The number of benzene rings is 1. The van der Waals surface area contributed by atoms with Crippen LogP contribution >= 0.6 is 0 Å². The van der Waals surface area contributed by atoms with Gasteiger partial charge in [-0.05, 0) is 36.1 Å². The molecule has 0 aliphatic heterocycles. The van der Waals surface area contributed by atoms with Gasteiger partial charge in [0.05, 0.1) is 7.11 Å². The van der Waals surface area contributed by atoms with Crippen molar-refractivity contribution in [1.82, 2.24) is 0 Å². The first-order chi connectivity index (χ1) is 9.95. The zero-order valence-corrected chi connectivity index (χ0v) is 12.7. The van der Waals surface area contributed by atoms with Crippen molar-refractivity contribution < 1.29 is 35.7 Å². The highest BCUT2D eigenvalue weighted by molar-refractivity contribution is 7.86. The number of alkyl halides is 3. The summed E-state index contributed by atoms with van der Waals surface area (Å²) in [7, 11) is -4.19. The topological polar surface area (TPSA) is 80.7 Å².